The Hall–Kier alpha value is -0.0900. The van der Waals surface area contributed by atoms with E-state index in [4.69, 9.17) is 0 Å². The van der Waals surface area contributed by atoms with E-state index in [9.17, 15) is 4.91 Å². The van der Waals surface area contributed by atoms with Crippen molar-refractivity contribution in [2.24, 2.45) is 10.5 Å². The molecule has 0 amide bonds. The molecular formula is C11H22N2OS. The zero-order chi connectivity index (χ0) is 11.3. The van der Waals surface area contributed by atoms with Crippen molar-refractivity contribution in [1.82, 2.24) is 4.90 Å². The molecule has 88 valence electrons. The number of piperidine rings is 1. The molecule has 1 saturated heterocycles. The highest BCUT2D eigenvalue weighted by atomic mass is 32.2. The van der Waals surface area contributed by atoms with E-state index >= 15 is 0 Å². The van der Waals surface area contributed by atoms with Crippen molar-refractivity contribution in [1.29, 1.82) is 0 Å². The van der Waals surface area contributed by atoms with E-state index in [0.29, 0.717) is 0 Å². The summed E-state index contributed by atoms with van der Waals surface area (Å²) >= 11 is 1.16. The standard InChI is InChI=1S/C11H22N2OS/c1-4-10-5-7-13(8-6-10)9-11(2,3)15-12-14/h10H,4-9H2,1-3H3. The molecule has 3 nitrogen and oxygen atoms in total. The van der Waals surface area contributed by atoms with E-state index in [1.165, 1.54) is 32.4 Å². The van der Waals surface area contributed by atoms with Crippen LogP contribution in [0, 0.1) is 10.8 Å². The van der Waals surface area contributed by atoms with Crippen LogP contribution >= 0.6 is 11.9 Å². The van der Waals surface area contributed by atoms with Gasteiger partial charge in [0.25, 0.3) is 0 Å². The van der Waals surface area contributed by atoms with Gasteiger partial charge < -0.3 is 4.90 Å². The van der Waals surface area contributed by atoms with Crippen molar-refractivity contribution >= 4 is 11.9 Å². The molecule has 1 fully saturated rings. The Morgan fingerprint density at radius 2 is 2.00 bits per heavy atom. The van der Waals surface area contributed by atoms with Gasteiger partial charge in [-0.05, 0) is 45.7 Å². The molecule has 0 bridgehead atoms. The van der Waals surface area contributed by atoms with Gasteiger partial charge in [0.15, 0.2) is 0 Å². The summed E-state index contributed by atoms with van der Waals surface area (Å²) in [4.78, 5) is 12.7. The number of nitrogens with zero attached hydrogens (tertiary/aromatic N) is 2. The van der Waals surface area contributed by atoms with Crippen molar-refractivity contribution in [3.05, 3.63) is 4.91 Å². The summed E-state index contributed by atoms with van der Waals surface area (Å²) in [6, 6.07) is 0. The summed E-state index contributed by atoms with van der Waals surface area (Å²) in [5.74, 6) is 0.918. The zero-order valence-electron chi connectivity index (χ0n) is 10.0. The van der Waals surface area contributed by atoms with Crippen molar-refractivity contribution in [3.8, 4) is 0 Å². The van der Waals surface area contributed by atoms with Gasteiger partial charge in [0.2, 0.25) is 0 Å². The molecule has 0 aromatic carbocycles. The van der Waals surface area contributed by atoms with Crippen LogP contribution in [0.2, 0.25) is 0 Å². The Morgan fingerprint density at radius 1 is 1.40 bits per heavy atom. The molecule has 0 aromatic rings. The highest BCUT2D eigenvalue weighted by molar-refractivity contribution is 7.99. The molecule has 0 spiro atoms. The van der Waals surface area contributed by atoms with Crippen LogP contribution in [0.4, 0.5) is 0 Å². The molecule has 0 aliphatic carbocycles. The molecule has 4 heteroatoms. The maximum atomic E-state index is 10.3. The molecular weight excluding hydrogens is 208 g/mol. The topological polar surface area (TPSA) is 32.7 Å². The average Bonchev–Trinajstić information content (AvgIpc) is 2.18. The predicted octanol–water partition coefficient (Wildman–Crippen LogP) is 3.30. The van der Waals surface area contributed by atoms with Crippen molar-refractivity contribution in [3.63, 3.8) is 0 Å². The van der Waals surface area contributed by atoms with Gasteiger partial charge in [-0.2, -0.15) is 0 Å². The van der Waals surface area contributed by atoms with Crippen molar-refractivity contribution < 1.29 is 0 Å². The predicted molar refractivity (Wildman–Crippen MR) is 66.9 cm³/mol. The van der Waals surface area contributed by atoms with Gasteiger partial charge in [-0.25, -0.2) is 0 Å². The van der Waals surface area contributed by atoms with Crippen LogP contribution in [-0.4, -0.2) is 29.3 Å². The van der Waals surface area contributed by atoms with Gasteiger partial charge in [-0.3, -0.25) is 0 Å². The summed E-state index contributed by atoms with van der Waals surface area (Å²) in [6.45, 7) is 9.79. The molecule has 1 aliphatic rings. The molecule has 1 aliphatic heterocycles. The van der Waals surface area contributed by atoms with Crippen LogP contribution < -0.4 is 0 Å². The average molecular weight is 230 g/mol. The third-order valence-electron chi connectivity index (χ3n) is 3.17. The third-order valence-corrected chi connectivity index (χ3v) is 3.87. The molecule has 15 heavy (non-hydrogen) atoms. The molecule has 0 unspecified atom stereocenters. The minimum Gasteiger partial charge on any atom is -0.302 e. The van der Waals surface area contributed by atoms with E-state index in [1.54, 1.807) is 0 Å². The van der Waals surface area contributed by atoms with Crippen molar-refractivity contribution in [2.75, 3.05) is 19.6 Å². The zero-order valence-corrected chi connectivity index (χ0v) is 10.8. The van der Waals surface area contributed by atoms with Crippen LogP contribution in [0.3, 0.4) is 0 Å². The molecule has 1 rings (SSSR count). The second-order valence-electron chi connectivity index (χ2n) is 5.05. The monoisotopic (exact) mass is 230 g/mol. The van der Waals surface area contributed by atoms with Gasteiger partial charge in [-0.1, -0.05) is 13.3 Å². The Labute approximate surface area is 97.1 Å². The minimum atomic E-state index is -0.0409. The molecule has 1 heterocycles. The lowest BCUT2D eigenvalue weighted by molar-refractivity contribution is 0.172. The maximum Gasteiger partial charge on any atom is 0.0482 e. The summed E-state index contributed by atoms with van der Waals surface area (Å²) in [5.41, 5.74) is 0. The number of hydrogen-bond acceptors (Lipinski definition) is 4. The Balaban J connectivity index is 2.31. The SMILES string of the molecule is CCC1CCN(CC(C)(C)SN=O)CC1. The maximum absolute atomic E-state index is 10.3. The largest absolute Gasteiger partial charge is 0.302 e. The van der Waals surface area contributed by atoms with Crippen LogP contribution in [0.25, 0.3) is 0 Å². The summed E-state index contributed by atoms with van der Waals surface area (Å²) < 4.78 is 2.90. The fourth-order valence-corrected chi connectivity index (χ4v) is 2.66. The van der Waals surface area contributed by atoms with Crippen LogP contribution in [0.15, 0.2) is 4.58 Å². The Bertz CT molecular complexity index is 201. The summed E-state index contributed by atoms with van der Waals surface area (Å²) in [5, 5.41) is 0. The lowest BCUT2D eigenvalue weighted by Gasteiger charge is -2.35. The highest BCUT2D eigenvalue weighted by Gasteiger charge is 2.26. The van der Waals surface area contributed by atoms with Gasteiger partial charge in [0.1, 0.15) is 0 Å². The normalized spacial score (nSPS) is 20.5. The summed E-state index contributed by atoms with van der Waals surface area (Å²) in [6.07, 6.45) is 3.93. The number of rotatable bonds is 5. The van der Waals surface area contributed by atoms with Crippen molar-refractivity contribution in [2.45, 2.75) is 44.8 Å². The third kappa shape index (κ3) is 4.51. The van der Waals surface area contributed by atoms with E-state index in [0.717, 1.165) is 24.4 Å². The first-order valence-electron chi connectivity index (χ1n) is 5.80. The fraction of sp³-hybridized carbons (Fsp3) is 1.00. The van der Waals surface area contributed by atoms with Crippen LogP contribution in [-0.2, 0) is 0 Å². The second kappa shape index (κ2) is 5.85. The van der Waals surface area contributed by atoms with Gasteiger partial charge >= 0.3 is 0 Å². The molecule has 0 N–H and O–H groups in total. The highest BCUT2D eigenvalue weighted by Crippen LogP contribution is 2.28. The van der Waals surface area contributed by atoms with Crippen LogP contribution in [0.1, 0.15) is 40.0 Å². The van der Waals surface area contributed by atoms with E-state index in [2.05, 4.69) is 30.3 Å². The van der Waals surface area contributed by atoms with E-state index < -0.39 is 0 Å². The first kappa shape index (κ1) is 13.0. The van der Waals surface area contributed by atoms with Gasteiger partial charge in [0, 0.05) is 27.8 Å². The number of hydrogen-bond donors (Lipinski definition) is 0. The molecule has 0 radical (unpaired) electrons. The first-order valence-corrected chi connectivity index (χ1v) is 6.58. The van der Waals surface area contributed by atoms with Crippen LogP contribution in [0.5, 0.6) is 0 Å². The summed E-state index contributed by atoms with van der Waals surface area (Å²) in [7, 11) is 0. The second-order valence-corrected chi connectivity index (χ2v) is 6.49. The molecule has 0 aromatic heterocycles. The molecule has 0 atom stereocenters. The van der Waals surface area contributed by atoms with Gasteiger partial charge in [0.05, 0.1) is 0 Å². The Morgan fingerprint density at radius 3 is 2.47 bits per heavy atom. The van der Waals surface area contributed by atoms with E-state index in [1.807, 2.05) is 0 Å². The minimum absolute atomic E-state index is 0.0409. The smallest absolute Gasteiger partial charge is 0.0482 e. The number of likely N-dealkylation sites (tertiary alicyclic amines) is 1. The number of nitroso groups, excluding NO2 is 1. The van der Waals surface area contributed by atoms with Gasteiger partial charge in [-0.15, -0.1) is 4.91 Å². The fourth-order valence-electron chi connectivity index (χ4n) is 2.22. The molecule has 0 saturated carbocycles. The quantitative estimate of drug-likeness (QED) is 0.536. The Kier molecular flexibility index (Phi) is 5.06. The van der Waals surface area contributed by atoms with E-state index in [-0.39, 0.29) is 4.75 Å². The lowest BCUT2D eigenvalue weighted by atomic mass is 9.94. The lowest BCUT2D eigenvalue weighted by Crippen LogP contribution is -2.41. The first-order chi connectivity index (χ1) is 7.07.